The quantitative estimate of drug-likeness (QED) is 0.563. The van der Waals surface area contributed by atoms with Crippen LogP contribution in [0.5, 0.6) is 5.75 Å². The van der Waals surface area contributed by atoms with E-state index in [2.05, 4.69) is 24.2 Å². The molecule has 0 aliphatic carbocycles. The number of nitrogens with one attached hydrogen (secondary N) is 1. The minimum atomic E-state index is 0.449. The van der Waals surface area contributed by atoms with Gasteiger partial charge in [0.05, 0.1) is 12.8 Å². The predicted octanol–water partition coefficient (Wildman–Crippen LogP) is 3.64. The summed E-state index contributed by atoms with van der Waals surface area (Å²) in [5.41, 5.74) is 6.79. The third kappa shape index (κ3) is 5.51. The topological polar surface area (TPSA) is 59.6 Å². The van der Waals surface area contributed by atoms with Crippen molar-refractivity contribution in [2.24, 2.45) is 16.6 Å². The molecular weight excluding hydrogens is 250 g/mol. The Morgan fingerprint density at radius 3 is 2.75 bits per heavy atom. The number of nitrogens with two attached hydrogens (primary N) is 1. The Bertz CT molecular complexity index is 418. The second kappa shape index (κ2) is 9.23. The number of anilines is 1. The lowest BCUT2D eigenvalue weighted by molar-refractivity contribution is 0.417. The number of para-hydroxylation sites is 2. The van der Waals surface area contributed by atoms with E-state index in [0.717, 1.165) is 24.4 Å². The molecule has 0 radical (unpaired) electrons. The number of ether oxygens (including phenoxy) is 1. The Labute approximate surface area is 122 Å². The molecule has 112 valence electrons. The van der Waals surface area contributed by atoms with Crippen molar-refractivity contribution in [3.05, 3.63) is 24.3 Å². The zero-order valence-electron chi connectivity index (χ0n) is 12.9. The SMILES string of the molecule is CCCCC(CC)CN=C(N)Nc1ccccc1OC. The van der Waals surface area contributed by atoms with Gasteiger partial charge in [-0.2, -0.15) is 0 Å². The molecule has 0 aliphatic heterocycles. The Morgan fingerprint density at radius 2 is 2.10 bits per heavy atom. The van der Waals surface area contributed by atoms with Crippen LogP contribution < -0.4 is 15.8 Å². The molecule has 0 saturated carbocycles. The third-order valence-electron chi connectivity index (χ3n) is 3.43. The Balaban J connectivity index is 2.56. The van der Waals surface area contributed by atoms with Gasteiger partial charge in [-0.15, -0.1) is 0 Å². The van der Waals surface area contributed by atoms with Gasteiger partial charge >= 0.3 is 0 Å². The number of methoxy groups -OCH3 is 1. The molecule has 0 aliphatic rings. The summed E-state index contributed by atoms with van der Waals surface area (Å²) in [4.78, 5) is 4.45. The standard InChI is InChI=1S/C16H27N3O/c1-4-6-9-13(5-2)12-18-16(17)19-14-10-7-8-11-15(14)20-3/h7-8,10-11,13H,4-6,9,12H2,1-3H3,(H3,17,18,19). The van der Waals surface area contributed by atoms with E-state index in [4.69, 9.17) is 10.5 Å². The molecule has 1 aromatic carbocycles. The van der Waals surface area contributed by atoms with Crippen molar-refractivity contribution in [2.45, 2.75) is 39.5 Å². The van der Waals surface area contributed by atoms with Crippen molar-refractivity contribution in [2.75, 3.05) is 19.0 Å². The number of guanidine groups is 1. The summed E-state index contributed by atoms with van der Waals surface area (Å²) in [5, 5.41) is 3.10. The monoisotopic (exact) mass is 277 g/mol. The van der Waals surface area contributed by atoms with Crippen molar-refractivity contribution < 1.29 is 4.74 Å². The lowest BCUT2D eigenvalue weighted by Crippen LogP contribution is -2.24. The number of benzene rings is 1. The van der Waals surface area contributed by atoms with Crippen LogP contribution in [0.25, 0.3) is 0 Å². The third-order valence-corrected chi connectivity index (χ3v) is 3.43. The number of unbranched alkanes of at least 4 members (excludes halogenated alkanes) is 1. The minimum absolute atomic E-state index is 0.449. The van der Waals surface area contributed by atoms with Gasteiger partial charge in [0.2, 0.25) is 0 Å². The number of hydrogen-bond acceptors (Lipinski definition) is 2. The van der Waals surface area contributed by atoms with Crippen LogP contribution in [0.3, 0.4) is 0 Å². The van der Waals surface area contributed by atoms with Crippen molar-refractivity contribution in [1.29, 1.82) is 0 Å². The highest BCUT2D eigenvalue weighted by Gasteiger charge is 2.06. The molecule has 1 rings (SSSR count). The van der Waals surface area contributed by atoms with Gasteiger partial charge in [-0.05, 0) is 24.5 Å². The molecule has 4 nitrogen and oxygen atoms in total. The summed E-state index contributed by atoms with van der Waals surface area (Å²) in [6.07, 6.45) is 4.85. The van der Waals surface area contributed by atoms with Crippen molar-refractivity contribution in [3.63, 3.8) is 0 Å². The zero-order valence-corrected chi connectivity index (χ0v) is 12.9. The molecule has 0 bridgehead atoms. The van der Waals surface area contributed by atoms with Gasteiger partial charge in [0.1, 0.15) is 5.75 Å². The van der Waals surface area contributed by atoms with Crippen LogP contribution in [0.15, 0.2) is 29.3 Å². The van der Waals surface area contributed by atoms with E-state index in [1.54, 1.807) is 7.11 Å². The maximum absolute atomic E-state index is 5.94. The first-order chi connectivity index (χ1) is 9.71. The average molecular weight is 277 g/mol. The molecule has 4 heteroatoms. The number of hydrogen-bond donors (Lipinski definition) is 2. The van der Waals surface area contributed by atoms with E-state index in [-0.39, 0.29) is 0 Å². The first kappa shape index (κ1) is 16.3. The molecule has 0 aromatic heterocycles. The Hall–Kier alpha value is -1.71. The molecule has 1 unspecified atom stereocenters. The summed E-state index contributed by atoms with van der Waals surface area (Å²) >= 11 is 0. The number of nitrogens with zero attached hydrogens (tertiary/aromatic N) is 1. The number of rotatable bonds is 8. The normalized spacial score (nSPS) is 13.1. The highest BCUT2D eigenvalue weighted by atomic mass is 16.5. The molecule has 0 amide bonds. The zero-order chi connectivity index (χ0) is 14.8. The lowest BCUT2D eigenvalue weighted by atomic mass is 10.00. The van der Waals surface area contributed by atoms with Crippen molar-refractivity contribution >= 4 is 11.6 Å². The summed E-state index contributed by atoms with van der Waals surface area (Å²) in [6.45, 7) is 5.21. The maximum atomic E-state index is 5.94. The fourth-order valence-corrected chi connectivity index (χ4v) is 2.07. The van der Waals surface area contributed by atoms with Gasteiger partial charge in [0.15, 0.2) is 5.96 Å². The summed E-state index contributed by atoms with van der Waals surface area (Å²) in [5.74, 6) is 1.83. The highest BCUT2D eigenvalue weighted by Crippen LogP contribution is 2.22. The van der Waals surface area contributed by atoms with Crippen LogP contribution in [-0.4, -0.2) is 19.6 Å². The molecule has 0 saturated heterocycles. The van der Waals surface area contributed by atoms with E-state index < -0.39 is 0 Å². The van der Waals surface area contributed by atoms with Crippen LogP contribution in [0.1, 0.15) is 39.5 Å². The highest BCUT2D eigenvalue weighted by molar-refractivity contribution is 5.93. The van der Waals surface area contributed by atoms with Crippen molar-refractivity contribution in [3.8, 4) is 5.75 Å². The molecule has 3 N–H and O–H groups in total. The average Bonchev–Trinajstić information content (AvgIpc) is 2.48. The fraction of sp³-hybridized carbons (Fsp3) is 0.562. The number of aliphatic imine (C=N–C) groups is 1. The van der Waals surface area contributed by atoms with Gasteiger partial charge in [0.25, 0.3) is 0 Å². The van der Waals surface area contributed by atoms with E-state index in [1.807, 2.05) is 24.3 Å². The van der Waals surface area contributed by atoms with Gasteiger partial charge < -0.3 is 15.8 Å². The van der Waals surface area contributed by atoms with E-state index in [0.29, 0.717) is 11.9 Å². The summed E-state index contributed by atoms with van der Waals surface area (Å²) in [7, 11) is 1.64. The van der Waals surface area contributed by atoms with E-state index in [1.165, 1.54) is 19.3 Å². The molecule has 20 heavy (non-hydrogen) atoms. The lowest BCUT2D eigenvalue weighted by Gasteiger charge is -2.13. The smallest absolute Gasteiger partial charge is 0.193 e. The molecule has 0 spiro atoms. The van der Waals surface area contributed by atoms with E-state index >= 15 is 0 Å². The predicted molar refractivity (Wildman–Crippen MR) is 86.4 cm³/mol. The largest absolute Gasteiger partial charge is 0.495 e. The van der Waals surface area contributed by atoms with Crippen LogP contribution in [0.2, 0.25) is 0 Å². The van der Waals surface area contributed by atoms with E-state index in [9.17, 15) is 0 Å². The van der Waals surface area contributed by atoms with Crippen molar-refractivity contribution in [1.82, 2.24) is 0 Å². The molecule has 0 fully saturated rings. The van der Waals surface area contributed by atoms with Gasteiger partial charge in [0, 0.05) is 6.54 Å². The first-order valence-electron chi connectivity index (χ1n) is 7.41. The molecule has 0 heterocycles. The van der Waals surface area contributed by atoms with Gasteiger partial charge in [-0.3, -0.25) is 4.99 Å². The van der Waals surface area contributed by atoms with Crippen LogP contribution in [0, 0.1) is 5.92 Å². The molecular formula is C16H27N3O. The molecule has 1 aromatic rings. The summed E-state index contributed by atoms with van der Waals surface area (Å²) in [6, 6.07) is 7.69. The minimum Gasteiger partial charge on any atom is -0.495 e. The second-order valence-corrected chi connectivity index (χ2v) is 4.97. The van der Waals surface area contributed by atoms with Gasteiger partial charge in [-0.1, -0.05) is 45.2 Å². The van der Waals surface area contributed by atoms with Crippen LogP contribution >= 0.6 is 0 Å². The van der Waals surface area contributed by atoms with Crippen LogP contribution in [-0.2, 0) is 0 Å². The maximum Gasteiger partial charge on any atom is 0.193 e. The second-order valence-electron chi connectivity index (χ2n) is 4.97. The summed E-state index contributed by atoms with van der Waals surface area (Å²) < 4.78 is 5.27. The fourth-order valence-electron chi connectivity index (χ4n) is 2.07. The Morgan fingerprint density at radius 1 is 1.35 bits per heavy atom. The Kier molecular flexibility index (Phi) is 7.55. The first-order valence-corrected chi connectivity index (χ1v) is 7.41. The molecule has 1 atom stereocenters. The van der Waals surface area contributed by atoms with Crippen LogP contribution in [0.4, 0.5) is 5.69 Å². The van der Waals surface area contributed by atoms with Gasteiger partial charge in [-0.25, -0.2) is 0 Å².